The molecule has 0 spiro atoms. The van der Waals surface area contributed by atoms with E-state index in [0.29, 0.717) is 17.2 Å². The molecule has 34 heavy (non-hydrogen) atoms. The number of nitrogens with one attached hydrogen (secondary N) is 1. The van der Waals surface area contributed by atoms with E-state index in [1.807, 2.05) is 35.7 Å². The van der Waals surface area contributed by atoms with Crippen molar-refractivity contribution in [3.05, 3.63) is 76.2 Å². The van der Waals surface area contributed by atoms with Crippen molar-refractivity contribution in [1.29, 1.82) is 0 Å². The molecule has 1 saturated carbocycles. The maximum Gasteiger partial charge on any atom is 0.273 e. The van der Waals surface area contributed by atoms with E-state index in [1.165, 1.54) is 17.8 Å². The largest absolute Gasteiger partial charge is 0.454 e. The molecule has 1 aromatic carbocycles. The number of thiophene rings is 1. The third-order valence-corrected chi connectivity index (χ3v) is 7.18. The number of benzene rings is 1. The van der Waals surface area contributed by atoms with Gasteiger partial charge in [0.05, 0.1) is 0 Å². The molecule has 0 bridgehead atoms. The van der Waals surface area contributed by atoms with Crippen LogP contribution in [-0.2, 0) is 11.3 Å². The number of ether oxygens (including phenoxy) is 2. The molecule has 8 heteroatoms. The average Bonchev–Trinajstić information content (AvgIpc) is 3.56. The zero-order valence-corrected chi connectivity index (χ0v) is 19.6. The maximum absolute atomic E-state index is 13.7. The first-order valence-electron chi connectivity index (χ1n) is 11.6. The van der Waals surface area contributed by atoms with Crippen molar-refractivity contribution < 1.29 is 19.1 Å². The molecule has 1 atom stereocenters. The normalized spacial score (nSPS) is 16.1. The number of amides is 2. The lowest BCUT2D eigenvalue weighted by atomic mass is 9.95. The minimum absolute atomic E-state index is 0.140. The van der Waals surface area contributed by atoms with Gasteiger partial charge < -0.3 is 19.7 Å². The summed E-state index contributed by atoms with van der Waals surface area (Å²) in [5, 5.41) is 5.16. The summed E-state index contributed by atoms with van der Waals surface area (Å²) in [6, 6.07) is 14.0. The molecule has 5 rings (SSSR count). The molecule has 1 aliphatic carbocycles. The molecule has 7 nitrogen and oxygen atoms in total. The van der Waals surface area contributed by atoms with Gasteiger partial charge in [-0.05, 0) is 54.1 Å². The zero-order chi connectivity index (χ0) is 23.3. The molecule has 1 fully saturated rings. The number of pyridine rings is 1. The summed E-state index contributed by atoms with van der Waals surface area (Å²) in [5.74, 6) is 0.869. The number of carbonyl (C=O) groups is 2. The SMILES string of the molecule is O=C(NC1CCCCC1)[C@H](c1cccs1)N(Cc1ccc2c(c1)OCO2)C(=O)c1ccccn1. The highest BCUT2D eigenvalue weighted by Gasteiger charge is 2.35. The van der Waals surface area contributed by atoms with Crippen LogP contribution in [0.2, 0.25) is 0 Å². The van der Waals surface area contributed by atoms with Gasteiger partial charge in [0.1, 0.15) is 11.7 Å². The van der Waals surface area contributed by atoms with Crippen molar-refractivity contribution in [1.82, 2.24) is 15.2 Å². The zero-order valence-electron chi connectivity index (χ0n) is 18.8. The summed E-state index contributed by atoms with van der Waals surface area (Å²) in [6.07, 6.45) is 6.96. The second-order valence-corrected chi connectivity index (χ2v) is 9.58. The Morgan fingerprint density at radius 1 is 1.06 bits per heavy atom. The predicted octanol–water partition coefficient (Wildman–Crippen LogP) is 4.70. The number of rotatable bonds is 7. The highest BCUT2D eigenvalue weighted by molar-refractivity contribution is 7.10. The van der Waals surface area contributed by atoms with E-state index < -0.39 is 6.04 Å². The minimum atomic E-state index is -0.762. The summed E-state index contributed by atoms with van der Waals surface area (Å²) in [6.45, 7) is 0.406. The molecular weight excluding hydrogens is 450 g/mol. The third-order valence-electron chi connectivity index (χ3n) is 6.26. The highest BCUT2D eigenvalue weighted by atomic mass is 32.1. The Hall–Kier alpha value is -3.39. The smallest absolute Gasteiger partial charge is 0.273 e. The number of carbonyl (C=O) groups excluding carboxylic acids is 2. The molecule has 0 unspecified atom stereocenters. The first kappa shape index (κ1) is 22.4. The molecule has 2 amide bonds. The van der Waals surface area contributed by atoms with Crippen LogP contribution in [0.15, 0.2) is 60.1 Å². The van der Waals surface area contributed by atoms with E-state index in [4.69, 9.17) is 9.47 Å². The molecule has 176 valence electrons. The Morgan fingerprint density at radius 3 is 2.68 bits per heavy atom. The van der Waals surface area contributed by atoms with E-state index in [-0.39, 0.29) is 31.2 Å². The first-order chi connectivity index (χ1) is 16.7. The van der Waals surface area contributed by atoms with E-state index in [0.717, 1.165) is 36.1 Å². The van der Waals surface area contributed by atoms with Crippen LogP contribution in [0.3, 0.4) is 0 Å². The van der Waals surface area contributed by atoms with Crippen molar-refractivity contribution in [3.63, 3.8) is 0 Å². The Balaban J connectivity index is 1.49. The van der Waals surface area contributed by atoms with Crippen LogP contribution in [-0.4, -0.2) is 34.5 Å². The molecular formula is C26H27N3O4S. The second-order valence-electron chi connectivity index (χ2n) is 8.60. The Morgan fingerprint density at radius 2 is 1.91 bits per heavy atom. The van der Waals surface area contributed by atoms with Gasteiger partial charge >= 0.3 is 0 Å². The van der Waals surface area contributed by atoms with Crippen molar-refractivity contribution in [2.45, 2.75) is 50.7 Å². The van der Waals surface area contributed by atoms with Gasteiger partial charge in [-0.1, -0.05) is 37.5 Å². The Bertz CT molecular complexity index is 1130. The van der Waals surface area contributed by atoms with Gasteiger partial charge in [0.15, 0.2) is 11.5 Å². The van der Waals surface area contributed by atoms with Gasteiger partial charge in [-0.3, -0.25) is 14.6 Å². The summed E-state index contributed by atoms with van der Waals surface area (Å²) in [4.78, 5) is 34.2. The topological polar surface area (TPSA) is 80.8 Å². The molecule has 1 N–H and O–H groups in total. The standard InChI is InChI=1S/C26H27N3O4S/c30-25(28-19-7-2-1-3-8-19)24(23-10-6-14-34-23)29(26(31)20-9-4-5-13-27-20)16-18-11-12-21-22(15-18)33-17-32-21/h4-6,9-15,19,24H,1-3,7-8,16-17H2,(H,28,30)/t24-/m0/s1. The van der Waals surface area contributed by atoms with Crippen LogP contribution < -0.4 is 14.8 Å². The Kier molecular flexibility index (Phi) is 6.76. The summed E-state index contributed by atoms with van der Waals surface area (Å²) in [7, 11) is 0. The van der Waals surface area contributed by atoms with E-state index in [1.54, 1.807) is 29.3 Å². The van der Waals surface area contributed by atoms with Crippen LogP contribution >= 0.6 is 11.3 Å². The van der Waals surface area contributed by atoms with Gasteiger partial charge in [-0.25, -0.2) is 0 Å². The maximum atomic E-state index is 13.7. The number of nitrogens with zero attached hydrogens (tertiary/aromatic N) is 2. The van der Waals surface area contributed by atoms with Crippen LogP contribution in [0, 0.1) is 0 Å². The van der Waals surface area contributed by atoms with Crippen molar-refractivity contribution in [2.24, 2.45) is 0 Å². The van der Waals surface area contributed by atoms with Crippen LogP contribution in [0.25, 0.3) is 0 Å². The fraction of sp³-hybridized carbons (Fsp3) is 0.346. The van der Waals surface area contributed by atoms with Crippen LogP contribution in [0.1, 0.15) is 59.1 Å². The average molecular weight is 478 g/mol. The lowest BCUT2D eigenvalue weighted by Gasteiger charge is -2.32. The molecule has 1 aliphatic heterocycles. The van der Waals surface area contributed by atoms with Gasteiger partial charge in [0, 0.05) is 23.7 Å². The monoisotopic (exact) mass is 477 g/mol. The van der Waals surface area contributed by atoms with E-state index >= 15 is 0 Å². The summed E-state index contributed by atoms with van der Waals surface area (Å²) < 4.78 is 11.0. The Labute approximate surface area is 202 Å². The van der Waals surface area contributed by atoms with E-state index in [9.17, 15) is 9.59 Å². The summed E-state index contributed by atoms with van der Waals surface area (Å²) in [5.41, 5.74) is 1.15. The summed E-state index contributed by atoms with van der Waals surface area (Å²) >= 11 is 1.47. The van der Waals surface area contributed by atoms with E-state index in [2.05, 4.69) is 10.3 Å². The van der Waals surface area contributed by atoms with Gasteiger partial charge in [-0.15, -0.1) is 11.3 Å². The predicted molar refractivity (Wildman–Crippen MR) is 129 cm³/mol. The molecule has 3 aromatic rings. The number of hydrogen-bond acceptors (Lipinski definition) is 6. The second kappa shape index (κ2) is 10.3. The van der Waals surface area contributed by atoms with Crippen molar-refractivity contribution >= 4 is 23.2 Å². The molecule has 0 radical (unpaired) electrons. The highest BCUT2D eigenvalue weighted by Crippen LogP contribution is 2.35. The molecule has 0 saturated heterocycles. The van der Waals surface area contributed by atoms with Crippen LogP contribution in [0.4, 0.5) is 0 Å². The van der Waals surface area contributed by atoms with Gasteiger partial charge in [0.25, 0.3) is 5.91 Å². The number of aromatic nitrogens is 1. The quantitative estimate of drug-likeness (QED) is 0.533. The minimum Gasteiger partial charge on any atom is -0.454 e. The fourth-order valence-electron chi connectivity index (χ4n) is 4.55. The third kappa shape index (κ3) is 4.92. The van der Waals surface area contributed by atoms with Gasteiger partial charge in [0.2, 0.25) is 12.7 Å². The lowest BCUT2D eigenvalue weighted by molar-refractivity contribution is -0.127. The first-order valence-corrected chi connectivity index (χ1v) is 12.5. The van der Waals surface area contributed by atoms with Crippen LogP contribution in [0.5, 0.6) is 11.5 Å². The fourth-order valence-corrected chi connectivity index (χ4v) is 5.39. The number of hydrogen-bond donors (Lipinski definition) is 1. The van der Waals surface area contributed by atoms with Crippen molar-refractivity contribution in [2.75, 3.05) is 6.79 Å². The molecule has 2 aromatic heterocycles. The lowest BCUT2D eigenvalue weighted by Crippen LogP contribution is -2.46. The van der Waals surface area contributed by atoms with Gasteiger partial charge in [-0.2, -0.15) is 0 Å². The van der Waals surface area contributed by atoms with Crippen molar-refractivity contribution in [3.8, 4) is 11.5 Å². The number of fused-ring (bicyclic) bond motifs is 1. The molecule has 3 heterocycles. The molecule has 2 aliphatic rings.